The third-order valence-corrected chi connectivity index (χ3v) is 1.93. The van der Waals surface area contributed by atoms with Gasteiger partial charge in [-0.2, -0.15) is 0 Å². The van der Waals surface area contributed by atoms with Crippen molar-refractivity contribution in [1.29, 1.82) is 0 Å². The average molecular weight is 198 g/mol. The van der Waals surface area contributed by atoms with Gasteiger partial charge in [-0.05, 0) is 12.8 Å². The number of esters is 1. The lowest BCUT2D eigenvalue weighted by Crippen LogP contribution is -2.39. The molecule has 0 aromatic carbocycles. The van der Waals surface area contributed by atoms with E-state index in [2.05, 4.69) is 9.47 Å². The van der Waals surface area contributed by atoms with Crippen LogP contribution in [0.1, 0.15) is 12.8 Å². The van der Waals surface area contributed by atoms with Crippen molar-refractivity contribution in [2.75, 3.05) is 7.11 Å². The first-order valence-corrected chi connectivity index (χ1v) is 3.74. The minimum Gasteiger partial charge on any atom is -0.469 e. The topological polar surface area (TPSA) is 35.5 Å². The Morgan fingerprint density at radius 1 is 1.38 bits per heavy atom. The van der Waals surface area contributed by atoms with E-state index in [1.807, 2.05) is 0 Å². The highest BCUT2D eigenvalue weighted by atomic mass is 19.4. The van der Waals surface area contributed by atoms with Crippen molar-refractivity contribution in [3.63, 3.8) is 0 Å². The summed E-state index contributed by atoms with van der Waals surface area (Å²) in [5.41, 5.74) is 0. The van der Waals surface area contributed by atoms with Crippen LogP contribution in [0.2, 0.25) is 0 Å². The molecule has 1 saturated carbocycles. The standard InChI is InChI=1S/C7H9F3O3/c1-12-6(11)4-2-5(3-4)13-7(8,9)10/h4-5H,2-3H2,1H3/t4-,5+. The van der Waals surface area contributed by atoms with Gasteiger partial charge in [-0.1, -0.05) is 0 Å². The van der Waals surface area contributed by atoms with Gasteiger partial charge in [-0.15, -0.1) is 13.2 Å². The maximum atomic E-state index is 11.6. The minimum atomic E-state index is -4.61. The molecule has 76 valence electrons. The van der Waals surface area contributed by atoms with Crippen LogP contribution in [0, 0.1) is 5.92 Å². The Labute approximate surface area is 72.8 Å². The third kappa shape index (κ3) is 2.87. The molecule has 1 aliphatic carbocycles. The quantitative estimate of drug-likeness (QED) is 0.630. The second-order valence-electron chi connectivity index (χ2n) is 2.88. The van der Waals surface area contributed by atoms with E-state index in [9.17, 15) is 18.0 Å². The first-order chi connectivity index (χ1) is 5.92. The molecule has 0 heterocycles. The zero-order valence-electron chi connectivity index (χ0n) is 6.93. The molecule has 13 heavy (non-hydrogen) atoms. The van der Waals surface area contributed by atoms with Crippen molar-refractivity contribution in [3.8, 4) is 0 Å². The fourth-order valence-electron chi connectivity index (χ4n) is 1.21. The molecule has 0 amide bonds. The van der Waals surface area contributed by atoms with Crippen LogP contribution in [-0.4, -0.2) is 25.5 Å². The largest absolute Gasteiger partial charge is 0.522 e. The van der Waals surface area contributed by atoms with E-state index in [0.29, 0.717) is 0 Å². The molecule has 0 atom stereocenters. The SMILES string of the molecule is COC(=O)[C@H]1C[C@@H](OC(F)(F)F)C1. The van der Waals surface area contributed by atoms with Crippen LogP contribution in [0.15, 0.2) is 0 Å². The van der Waals surface area contributed by atoms with Gasteiger partial charge < -0.3 is 4.74 Å². The molecular weight excluding hydrogens is 189 g/mol. The summed E-state index contributed by atoms with van der Waals surface area (Å²) in [6, 6.07) is 0. The highest BCUT2D eigenvalue weighted by Crippen LogP contribution is 2.35. The number of ether oxygens (including phenoxy) is 2. The van der Waals surface area contributed by atoms with Gasteiger partial charge in [-0.25, -0.2) is 0 Å². The second-order valence-corrected chi connectivity index (χ2v) is 2.88. The summed E-state index contributed by atoms with van der Waals surface area (Å²) < 4.78 is 42.8. The third-order valence-electron chi connectivity index (χ3n) is 1.93. The van der Waals surface area contributed by atoms with Gasteiger partial charge in [0.2, 0.25) is 0 Å². The molecule has 0 aliphatic heterocycles. The van der Waals surface area contributed by atoms with E-state index < -0.39 is 24.4 Å². The molecule has 0 unspecified atom stereocenters. The normalized spacial score (nSPS) is 28.0. The van der Waals surface area contributed by atoms with Crippen molar-refractivity contribution in [2.45, 2.75) is 25.3 Å². The minimum absolute atomic E-state index is 0.0895. The molecule has 1 aliphatic rings. The van der Waals surface area contributed by atoms with E-state index in [4.69, 9.17) is 0 Å². The molecule has 0 N–H and O–H groups in total. The second kappa shape index (κ2) is 3.53. The fourth-order valence-corrected chi connectivity index (χ4v) is 1.21. The number of carbonyl (C=O) groups is 1. The zero-order chi connectivity index (χ0) is 10.1. The Bertz CT molecular complexity index is 196. The van der Waals surface area contributed by atoms with Crippen LogP contribution >= 0.6 is 0 Å². The van der Waals surface area contributed by atoms with E-state index >= 15 is 0 Å². The summed E-state index contributed by atoms with van der Waals surface area (Å²) in [6.07, 6.45) is -5.31. The number of halogens is 3. The van der Waals surface area contributed by atoms with E-state index in [1.165, 1.54) is 7.11 Å². The highest BCUT2D eigenvalue weighted by Gasteiger charge is 2.43. The predicted molar refractivity (Wildman–Crippen MR) is 35.7 cm³/mol. The molecule has 0 radical (unpaired) electrons. The van der Waals surface area contributed by atoms with Crippen molar-refractivity contribution in [3.05, 3.63) is 0 Å². The van der Waals surface area contributed by atoms with E-state index in [1.54, 1.807) is 0 Å². The Hall–Kier alpha value is -0.780. The summed E-state index contributed by atoms with van der Waals surface area (Å²) in [7, 11) is 1.21. The van der Waals surface area contributed by atoms with Crippen LogP contribution < -0.4 is 0 Å². The summed E-state index contributed by atoms with van der Waals surface area (Å²) >= 11 is 0. The van der Waals surface area contributed by atoms with E-state index in [0.717, 1.165) is 0 Å². The average Bonchev–Trinajstić information content (AvgIpc) is 1.92. The maximum Gasteiger partial charge on any atom is 0.522 e. The maximum absolute atomic E-state index is 11.6. The smallest absolute Gasteiger partial charge is 0.469 e. The molecule has 0 spiro atoms. The van der Waals surface area contributed by atoms with Crippen molar-refractivity contribution >= 4 is 5.97 Å². The summed E-state index contributed by atoms with van der Waals surface area (Å²) in [5, 5.41) is 0. The molecule has 1 rings (SSSR count). The van der Waals surface area contributed by atoms with Gasteiger partial charge in [0.15, 0.2) is 0 Å². The zero-order valence-corrected chi connectivity index (χ0v) is 6.93. The Balaban J connectivity index is 2.22. The molecule has 3 nitrogen and oxygen atoms in total. The lowest BCUT2D eigenvalue weighted by Gasteiger charge is -2.33. The van der Waals surface area contributed by atoms with Crippen LogP contribution in [0.3, 0.4) is 0 Å². The number of rotatable bonds is 2. The van der Waals surface area contributed by atoms with Crippen LogP contribution in [0.5, 0.6) is 0 Å². The lowest BCUT2D eigenvalue weighted by atomic mass is 9.82. The van der Waals surface area contributed by atoms with Gasteiger partial charge in [0.05, 0.1) is 19.1 Å². The van der Waals surface area contributed by atoms with Crippen molar-refractivity contribution in [1.82, 2.24) is 0 Å². The molecule has 0 aromatic rings. The Morgan fingerprint density at radius 3 is 2.31 bits per heavy atom. The lowest BCUT2D eigenvalue weighted by molar-refractivity contribution is -0.353. The fraction of sp³-hybridized carbons (Fsp3) is 0.857. The van der Waals surface area contributed by atoms with Crippen molar-refractivity contribution < 1.29 is 27.4 Å². The molecular formula is C7H9F3O3. The predicted octanol–water partition coefficient (Wildman–Crippen LogP) is 1.47. The summed E-state index contributed by atoms with van der Waals surface area (Å²) in [4.78, 5) is 10.7. The van der Waals surface area contributed by atoms with Crippen molar-refractivity contribution in [2.24, 2.45) is 5.92 Å². The first kappa shape index (κ1) is 10.3. The number of carbonyl (C=O) groups excluding carboxylic acids is 1. The summed E-state index contributed by atoms with van der Waals surface area (Å²) in [6.45, 7) is 0. The molecule has 1 fully saturated rings. The van der Waals surface area contributed by atoms with Crippen LogP contribution in [-0.2, 0) is 14.3 Å². The molecule has 0 aromatic heterocycles. The van der Waals surface area contributed by atoms with Crippen LogP contribution in [0.4, 0.5) is 13.2 Å². The highest BCUT2D eigenvalue weighted by molar-refractivity contribution is 5.73. The number of alkyl halides is 3. The first-order valence-electron chi connectivity index (χ1n) is 3.74. The van der Waals surface area contributed by atoms with Gasteiger partial charge in [0, 0.05) is 0 Å². The van der Waals surface area contributed by atoms with Gasteiger partial charge in [0.1, 0.15) is 0 Å². The Kier molecular flexibility index (Phi) is 2.80. The van der Waals surface area contributed by atoms with Gasteiger partial charge >= 0.3 is 12.3 Å². The van der Waals surface area contributed by atoms with Gasteiger partial charge in [-0.3, -0.25) is 9.53 Å². The van der Waals surface area contributed by atoms with Crippen LogP contribution in [0.25, 0.3) is 0 Å². The monoisotopic (exact) mass is 198 g/mol. The van der Waals surface area contributed by atoms with E-state index in [-0.39, 0.29) is 12.8 Å². The van der Waals surface area contributed by atoms with Gasteiger partial charge in [0.25, 0.3) is 0 Å². The Morgan fingerprint density at radius 2 is 1.92 bits per heavy atom. The molecule has 6 heteroatoms. The molecule has 0 bridgehead atoms. The number of methoxy groups -OCH3 is 1. The number of hydrogen-bond donors (Lipinski definition) is 0. The number of hydrogen-bond acceptors (Lipinski definition) is 3. The summed E-state index contributed by atoms with van der Waals surface area (Å²) in [5.74, 6) is -0.903. The molecule has 0 saturated heterocycles.